The van der Waals surface area contributed by atoms with Gasteiger partial charge >= 0.3 is 24.3 Å². The van der Waals surface area contributed by atoms with E-state index < -0.39 is 24.3 Å². The Balaban J connectivity index is 0.000000360. The summed E-state index contributed by atoms with van der Waals surface area (Å²) in [4.78, 5) is 48.6. The van der Waals surface area contributed by atoms with Crippen molar-refractivity contribution in [3.05, 3.63) is 102 Å². The molecule has 0 aromatic carbocycles. The summed E-state index contributed by atoms with van der Waals surface area (Å²) in [6.07, 6.45) is -0.321. The predicted molar refractivity (Wildman–Crippen MR) is 152 cm³/mol. The number of halogens is 6. The van der Waals surface area contributed by atoms with Gasteiger partial charge < -0.3 is 20.1 Å². The maximum atomic E-state index is 13.0. The highest BCUT2D eigenvalue weighted by atomic mass is 19.4. The Labute approximate surface area is 261 Å². The third-order valence-electron chi connectivity index (χ3n) is 5.95. The van der Waals surface area contributed by atoms with Gasteiger partial charge in [0.05, 0.1) is 5.52 Å². The summed E-state index contributed by atoms with van der Waals surface area (Å²) in [5.41, 5.74) is 3.91. The van der Waals surface area contributed by atoms with E-state index in [1.807, 2.05) is 72.2 Å². The van der Waals surface area contributed by atoms with Crippen LogP contribution >= 0.6 is 0 Å². The van der Waals surface area contributed by atoms with E-state index >= 15 is 0 Å². The number of imidazole rings is 2. The topological polar surface area (TPSA) is 165 Å². The molecule has 5 rings (SSSR count). The maximum Gasteiger partial charge on any atom is 0.490 e. The monoisotopic (exact) mass is 665 g/mol. The number of amides is 1. The van der Waals surface area contributed by atoms with Crippen molar-refractivity contribution in [3.63, 3.8) is 0 Å². The molecule has 248 valence electrons. The molecule has 47 heavy (non-hydrogen) atoms. The fraction of sp³-hybridized carbons (Fsp3) is 0.207. The Kier molecular flexibility index (Phi) is 11.7. The first kappa shape index (κ1) is 35.7. The minimum Gasteiger partial charge on any atom is -0.475 e. The number of carboxylic acid groups (broad SMARTS) is 2. The summed E-state index contributed by atoms with van der Waals surface area (Å²) in [5, 5.41) is 17.2. The van der Waals surface area contributed by atoms with E-state index in [2.05, 4.69) is 19.9 Å². The number of carbonyl (C=O) groups excluding carboxylic acids is 1. The lowest BCUT2D eigenvalue weighted by Gasteiger charge is -2.03. The number of pyridine rings is 3. The van der Waals surface area contributed by atoms with E-state index in [1.54, 1.807) is 18.6 Å². The molecule has 18 heteroatoms. The number of fused-ring (bicyclic) bond motifs is 1. The van der Waals surface area contributed by atoms with Crippen LogP contribution in [0.1, 0.15) is 27.6 Å². The van der Waals surface area contributed by atoms with Crippen LogP contribution in [0, 0.1) is 6.92 Å². The molecule has 0 unspecified atom stereocenters. The van der Waals surface area contributed by atoms with Crippen molar-refractivity contribution in [1.29, 1.82) is 0 Å². The number of nitrogens with zero attached hydrogens (tertiary/aromatic N) is 6. The molecule has 0 spiro atoms. The summed E-state index contributed by atoms with van der Waals surface area (Å²) in [6, 6.07) is 15.4. The SMILES string of the molecule is Cc1nc(-c2nc(C(=O)NCCc3ccccn3)c3ccccn23)cn1Cc1ccncc1.O=C(O)C(F)(F)F.O=C(O)C(F)(F)F. The first-order valence-corrected chi connectivity index (χ1v) is 13.3. The molecule has 0 fully saturated rings. The second-order valence-corrected chi connectivity index (χ2v) is 9.33. The van der Waals surface area contributed by atoms with Crippen LogP contribution < -0.4 is 5.32 Å². The summed E-state index contributed by atoms with van der Waals surface area (Å²) >= 11 is 0. The van der Waals surface area contributed by atoms with Crippen LogP contribution in [0.5, 0.6) is 0 Å². The van der Waals surface area contributed by atoms with Gasteiger partial charge in [-0.3, -0.25) is 19.2 Å². The molecule has 0 radical (unpaired) electrons. The number of aliphatic carboxylic acids is 2. The molecule has 5 heterocycles. The molecule has 5 aromatic rings. The zero-order valence-corrected chi connectivity index (χ0v) is 24.2. The molecule has 0 saturated heterocycles. The predicted octanol–water partition coefficient (Wildman–Crippen LogP) is 4.58. The fourth-order valence-corrected chi connectivity index (χ4v) is 3.78. The zero-order chi connectivity index (χ0) is 34.8. The van der Waals surface area contributed by atoms with Crippen LogP contribution in [0.2, 0.25) is 0 Å². The molecule has 12 nitrogen and oxygen atoms in total. The van der Waals surface area contributed by atoms with Crippen molar-refractivity contribution in [2.24, 2.45) is 0 Å². The van der Waals surface area contributed by atoms with E-state index in [4.69, 9.17) is 29.8 Å². The highest BCUT2D eigenvalue weighted by Crippen LogP contribution is 2.23. The Bertz CT molecular complexity index is 1780. The molecule has 1 amide bonds. The van der Waals surface area contributed by atoms with Crippen LogP contribution in [-0.4, -0.2) is 75.9 Å². The Hall–Kier alpha value is -5.81. The Morgan fingerprint density at radius 1 is 0.851 bits per heavy atom. The van der Waals surface area contributed by atoms with Crippen molar-refractivity contribution < 1.29 is 50.9 Å². The first-order valence-electron chi connectivity index (χ1n) is 13.3. The minimum atomic E-state index is -5.08. The average Bonchev–Trinajstić information content (AvgIpc) is 3.58. The smallest absolute Gasteiger partial charge is 0.475 e. The van der Waals surface area contributed by atoms with Crippen molar-refractivity contribution >= 4 is 23.4 Å². The standard InChI is InChI=1S/C25H23N7O.2C2HF3O2/c1-18-29-21(17-31(18)16-19-8-12-26-13-9-19)24-30-23(22-7-3-5-15-32(22)24)25(33)28-14-10-20-6-2-4-11-27-20;2*3-2(4,5)1(6)7/h2-9,11-13,15,17H,10,14,16H2,1H3,(H,28,33);2*(H,6,7). The molecule has 3 N–H and O–H groups in total. The lowest BCUT2D eigenvalue weighted by molar-refractivity contribution is -0.193. The Morgan fingerprint density at radius 3 is 2.04 bits per heavy atom. The lowest BCUT2D eigenvalue weighted by atomic mass is 10.2. The van der Waals surface area contributed by atoms with Gasteiger partial charge in [-0.1, -0.05) is 12.1 Å². The highest BCUT2D eigenvalue weighted by molar-refractivity contribution is 6.00. The molecule has 0 aliphatic rings. The molecule has 0 aliphatic heterocycles. The van der Waals surface area contributed by atoms with Gasteiger partial charge in [-0.25, -0.2) is 19.6 Å². The van der Waals surface area contributed by atoms with Gasteiger partial charge in [0.1, 0.15) is 11.5 Å². The molecule has 0 saturated carbocycles. The van der Waals surface area contributed by atoms with Crippen LogP contribution in [-0.2, 0) is 22.6 Å². The first-order chi connectivity index (χ1) is 22.1. The van der Waals surface area contributed by atoms with E-state index in [1.165, 1.54) is 0 Å². The minimum absolute atomic E-state index is 0.214. The van der Waals surface area contributed by atoms with Crippen molar-refractivity contribution in [2.45, 2.75) is 32.2 Å². The summed E-state index contributed by atoms with van der Waals surface area (Å²) in [5.74, 6) is -4.22. The quantitative estimate of drug-likeness (QED) is 0.211. The van der Waals surface area contributed by atoms with Crippen LogP contribution in [0.3, 0.4) is 0 Å². The second-order valence-electron chi connectivity index (χ2n) is 9.33. The number of alkyl halides is 6. The highest BCUT2D eigenvalue weighted by Gasteiger charge is 2.38. The summed E-state index contributed by atoms with van der Waals surface area (Å²) < 4.78 is 67.5. The van der Waals surface area contributed by atoms with Crippen LogP contribution in [0.25, 0.3) is 17.0 Å². The fourth-order valence-electron chi connectivity index (χ4n) is 3.78. The van der Waals surface area contributed by atoms with Gasteiger partial charge in [0.15, 0.2) is 11.5 Å². The third kappa shape index (κ3) is 10.4. The molecular weight excluding hydrogens is 640 g/mol. The van der Waals surface area contributed by atoms with Crippen LogP contribution in [0.4, 0.5) is 26.3 Å². The molecule has 5 aromatic heterocycles. The van der Waals surface area contributed by atoms with E-state index in [0.29, 0.717) is 31.0 Å². The van der Waals surface area contributed by atoms with E-state index in [-0.39, 0.29) is 5.91 Å². The van der Waals surface area contributed by atoms with E-state index in [9.17, 15) is 31.1 Å². The van der Waals surface area contributed by atoms with Gasteiger partial charge in [-0.15, -0.1) is 0 Å². The molecule has 0 aliphatic carbocycles. The van der Waals surface area contributed by atoms with E-state index in [0.717, 1.165) is 28.3 Å². The zero-order valence-electron chi connectivity index (χ0n) is 24.2. The summed E-state index contributed by atoms with van der Waals surface area (Å²) in [6.45, 7) is 3.13. The molecule has 0 atom stereocenters. The van der Waals surface area contributed by atoms with Crippen molar-refractivity contribution in [2.75, 3.05) is 6.54 Å². The van der Waals surface area contributed by atoms with Crippen molar-refractivity contribution in [1.82, 2.24) is 34.2 Å². The number of carbonyl (C=O) groups is 3. The number of aromatic nitrogens is 6. The van der Waals surface area contributed by atoms with Gasteiger partial charge in [-0.2, -0.15) is 26.3 Å². The normalized spacial score (nSPS) is 11.1. The third-order valence-corrected chi connectivity index (χ3v) is 5.95. The largest absolute Gasteiger partial charge is 0.490 e. The Morgan fingerprint density at radius 2 is 1.47 bits per heavy atom. The number of rotatable bonds is 7. The number of hydrogen-bond acceptors (Lipinski definition) is 7. The van der Waals surface area contributed by atoms with Gasteiger partial charge in [0.25, 0.3) is 5.91 Å². The number of aryl methyl sites for hydroxylation is 1. The van der Waals surface area contributed by atoms with Gasteiger partial charge in [0.2, 0.25) is 0 Å². The number of hydrogen-bond donors (Lipinski definition) is 3. The average molecular weight is 666 g/mol. The van der Waals surface area contributed by atoms with Gasteiger partial charge in [0, 0.05) is 56.2 Å². The molecule has 0 bridgehead atoms. The maximum absolute atomic E-state index is 13.0. The summed E-state index contributed by atoms with van der Waals surface area (Å²) in [7, 11) is 0. The number of nitrogens with one attached hydrogen (secondary N) is 1. The van der Waals surface area contributed by atoms with Crippen molar-refractivity contribution in [3.8, 4) is 11.5 Å². The second kappa shape index (κ2) is 15.5. The number of carboxylic acids is 2. The van der Waals surface area contributed by atoms with Gasteiger partial charge in [-0.05, 0) is 48.9 Å². The molecular formula is C29H25F6N7O5. The lowest BCUT2D eigenvalue weighted by Crippen LogP contribution is -2.26. The van der Waals surface area contributed by atoms with Crippen LogP contribution in [0.15, 0.2) is 79.5 Å².